The standard InChI is InChI=1S/C18H26O/c1-3-5-9-14(4-2)18(19)17-13-7-6-12-16(17)15-10-8-11-15/h6-7,12-15H,3-5,8-11H2,1-2H3. The van der Waals surface area contributed by atoms with Gasteiger partial charge in [-0.2, -0.15) is 0 Å². The largest absolute Gasteiger partial charge is 0.294 e. The van der Waals surface area contributed by atoms with Gasteiger partial charge in [-0.3, -0.25) is 4.79 Å². The second kappa shape index (κ2) is 6.88. The van der Waals surface area contributed by atoms with Gasteiger partial charge < -0.3 is 0 Å². The van der Waals surface area contributed by atoms with Gasteiger partial charge >= 0.3 is 0 Å². The van der Waals surface area contributed by atoms with E-state index < -0.39 is 0 Å². The smallest absolute Gasteiger partial charge is 0.166 e. The Balaban J connectivity index is 2.17. The van der Waals surface area contributed by atoms with Crippen LogP contribution < -0.4 is 0 Å². The molecule has 0 aliphatic heterocycles. The molecule has 19 heavy (non-hydrogen) atoms. The predicted molar refractivity (Wildman–Crippen MR) is 80.7 cm³/mol. The molecule has 0 saturated heterocycles. The SMILES string of the molecule is CCCCC(CC)C(=O)c1ccccc1C1CCC1. The number of Topliss-reactive ketones (excluding diaryl/α,β-unsaturated/α-hetero) is 1. The summed E-state index contributed by atoms with van der Waals surface area (Å²) in [5, 5.41) is 0. The van der Waals surface area contributed by atoms with Crippen molar-refractivity contribution in [1.29, 1.82) is 0 Å². The molecule has 1 aromatic rings. The summed E-state index contributed by atoms with van der Waals surface area (Å²) >= 11 is 0. The zero-order valence-electron chi connectivity index (χ0n) is 12.3. The van der Waals surface area contributed by atoms with E-state index in [4.69, 9.17) is 0 Å². The van der Waals surface area contributed by atoms with Gasteiger partial charge in [0.25, 0.3) is 0 Å². The lowest BCUT2D eigenvalue weighted by Gasteiger charge is -2.28. The number of carbonyl (C=O) groups excluding carboxylic acids is 1. The maximum Gasteiger partial charge on any atom is 0.166 e. The van der Waals surface area contributed by atoms with Gasteiger partial charge in [0.2, 0.25) is 0 Å². The molecule has 1 nitrogen and oxygen atoms in total. The van der Waals surface area contributed by atoms with Crippen molar-refractivity contribution in [2.45, 2.75) is 64.7 Å². The molecule has 0 radical (unpaired) electrons. The lowest BCUT2D eigenvalue weighted by Crippen LogP contribution is -2.19. The van der Waals surface area contributed by atoms with E-state index in [0.717, 1.165) is 24.8 Å². The molecule has 1 atom stereocenters. The Labute approximate surface area is 117 Å². The van der Waals surface area contributed by atoms with Crippen LogP contribution >= 0.6 is 0 Å². The average molecular weight is 258 g/mol. The molecule has 0 spiro atoms. The van der Waals surface area contributed by atoms with Gasteiger partial charge in [-0.15, -0.1) is 0 Å². The van der Waals surface area contributed by atoms with E-state index >= 15 is 0 Å². The second-order valence-corrected chi connectivity index (χ2v) is 5.83. The Hall–Kier alpha value is -1.11. The highest BCUT2D eigenvalue weighted by Gasteiger charge is 2.26. The minimum atomic E-state index is 0.223. The minimum Gasteiger partial charge on any atom is -0.294 e. The Morgan fingerprint density at radius 1 is 1.26 bits per heavy atom. The molecule has 0 bridgehead atoms. The number of unbranched alkanes of at least 4 members (excludes halogenated alkanes) is 1. The van der Waals surface area contributed by atoms with Crippen molar-refractivity contribution in [3.05, 3.63) is 35.4 Å². The molecule has 0 aromatic heterocycles. The second-order valence-electron chi connectivity index (χ2n) is 5.83. The number of ketones is 1. The first-order chi connectivity index (χ1) is 9.27. The van der Waals surface area contributed by atoms with Crippen LogP contribution in [0.25, 0.3) is 0 Å². The van der Waals surface area contributed by atoms with Crippen LogP contribution in [0.5, 0.6) is 0 Å². The summed E-state index contributed by atoms with van der Waals surface area (Å²) in [4.78, 5) is 12.7. The highest BCUT2D eigenvalue weighted by molar-refractivity contribution is 5.99. The van der Waals surface area contributed by atoms with E-state index in [2.05, 4.69) is 26.0 Å². The van der Waals surface area contributed by atoms with Crippen molar-refractivity contribution < 1.29 is 4.79 Å². The number of rotatable bonds is 7. The summed E-state index contributed by atoms with van der Waals surface area (Å²) in [7, 11) is 0. The summed E-state index contributed by atoms with van der Waals surface area (Å²) in [6.45, 7) is 4.34. The number of hydrogen-bond acceptors (Lipinski definition) is 1. The van der Waals surface area contributed by atoms with Crippen LogP contribution in [0.2, 0.25) is 0 Å². The molecular weight excluding hydrogens is 232 g/mol. The van der Waals surface area contributed by atoms with Gasteiger partial charge in [-0.25, -0.2) is 0 Å². The quantitative estimate of drug-likeness (QED) is 0.602. The maximum absolute atomic E-state index is 12.7. The highest BCUT2D eigenvalue weighted by atomic mass is 16.1. The van der Waals surface area contributed by atoms with Crippen LogP contribution in [-0.4, -0.2) is 5.78 Å². The monoisotopic (exact) mass is 258 g/mol. The number of hydrogen-bond donors (Lipinski definition) is 0. The molecule has 1 aliphatic rings. The summed E-state index contributed by atoms with van der Waals surface area (Å²) in [5.41, 5.74) is 2.32. The van der Waals surface area contributed by atoms with Gasteiger partial charge in [-0.05, 0) is 37.2 Å². The van der Waals surface area contributed by atoms with Crippen LogP contribution in [0, 0.1) is 5.92 Å². The van der Waals surface area contributed by atoms with Gasteiger partial charge in [0.1, 0.15) is 0 Å². The van der Waals surface area contributed by atoms with Gasteiger partial charge in [0.05, 0.1) is 0 Å². The fraction of sp³-hybridized carbons (Fsp3) is 0.611. The van der Waals surface area contributed by atoms with Gasteiger partial charge in [0.15, 0.2) is 5.78 Å². The molecule has 1 heteroatoms. The van der Waals surface area contributed by atoms with Crippen molar-refractivity contribution >= 4 is 5.78 Å². The number of benzene rings is 1. The first kappa shape index (κ1) is 14.3. The lowest BCUT2D eigenvalue weighted by atomic mass is 9.76. The molecule has 1 aromatic carbocycles. The molecule has 0 amide bonds. The fourth-order valence-corrected chi connectivity index (χ4v) is 2.99. The van der Waals surface area contributed by atoms with Crippen LogP contribution in [0.1, 0.15) is 80.6 Å². The average Bonchev–Trinajstić information content (AvgIpc) is 2.38. The summed E-state index contributed by atoms with van der Waals surface area (Å²) < 4.78 is 0. The molecule has 1 unspecified atom stereocenters. The fourth-order valence-electron chi connectivity index (χ4n) is 2.99. The van der Waals surface area contributed by atoms with Crippen molar-refractivity contribution in [3.8, 4) is 0 Å². The van der Waals surface area contributed by atoms with E-state index in [-0.39, 0.29) is 5.92 Å². The Kier molecular flexibility index (Phi) is 5.18. The normalized spacial score (nSPS) is 16.9. The van der Waals surface area contributed by atoms with Crippen LogP contribution in [-0.2, 0) is 0 Å². The molecule has 2 rings (SSSR count). The Morgan fingerprint density at radius 2 is 2.00 bits per heavy atom. The summed E-state index contributed by atoms with van der Waals surface area (Å²) in [6.07, 6.45) is 8.19. The van der Waals surface area contributed by atoms with E-state index in [9.17, 15) is 4.79 Å². The maximum atomic E-state index is 12.7. The zero-order chi connectivity index (χ0) is 13.7. The lowest BCUT2D eigenvalue weighted by molar-refractivity contribution is 0.0906. The molecule has 1 aliphatic carbocycles. The van der Waals surface area contributed by atoms with Crippen LogP contribution in [0.4, 0.5) is 0 Å². The Bertz CT molecular complexity index is 417. The molecule has 1 saturated carbocycles. The van der Waals surface area contributed by atoms with E-state index in [1.165, 1.54) is 31.2 Å². The third-order valence-corrected chi connectivity index (χ3v) is 4.54. The van der Waals surface area contributed by atoms with E-state index in [1.54, 1.807) is 0 Å². The first-order valence-electron chi connectivity index (χ1n) is 7.91. The van der Waals surface area contributed by atoms with E-state index in [0.29, 0.717) is 11.7 Å². The van der Waals surface area contributed by atoms with Crippen molar-refractivity contribution in [2.24, 2.45) is 5.92 Å². The molecule has 0 N–H and O–H groups in total. The highest BCUT2D eigenvalue weighted by Crippen LogP contribution is 2.38. The first-order valence-corrected chi connectivity index (χ1v) is 7.91. The van der Waals surface area contributed by atoms with Crippen LogP contribution in [0.15, 0.2) is 24.3 Å². The molecule has 1 fully saturated rings. The summed E-state index contributed by atoms with van der Waals surface area (Å²) in [5.74, 6) is 1.25. The minimum absolute atomic E-state index is 0.223. The van der Waals surface area contributed by atoms with Crippen molar-refractivity contribution in [1.82, 2.24) is 0 Å². The van der Waals surface area contributed by atoms with E-state index in [1.807, 2.05) is 12.1 Å². The molecule has 104 valence electrons. The van der Waals surface area contributed by atoms with Crippen molar-refractivity contribution in [3.63, 3.8) is 0 Å². The van der Waals surface area contributed by atoms with Gasteiger partial charge in [0, 0.05) is 11.5 Å². The Morgan fingerprint density at radius 3 is 2.58 bits per heavy atom. The number of carbonyl (C=O) groups is 1. The topological polar surface area (TPSA) is 17.1 Å². The third-order valence-electron chi connectivity index (χ3n) is 4.54. The third kappa shape index (κ3) is 3.26. The summed E-state index contributed by atoms with van der Waals surface area (Å²) in [6, 6.07) is 8.31. The van der Waals surface area contributed by atoms with Crippen molar-refractivity contribution in [2.75, 3.05) is 0 Å². The van der Waals surface area contributed by atoms with Gasteiger partial charge in [-0.1, -0.05) is 57.4 Å². The molecule has 0 heterocycles. The van der Waals surface area contributed by atoms with Crippen LogP contribution in [0.3, 0.4) is 0 Å². The zero-order valence-corrected chi connectivity index (χ0v) is 12.3. The predicted octanol–water partition coefficient (Wildman–Crippen LogP) is 5.35. The molecular formula is C18H26O.